The second kappa shape index (κ2) is 7.46. The topological polar surface area (TPSA) is 128 Å². The number of rotatable bonds is 8. The van der Waals surface area contributed by atoms with Gasteiger partial charge in [-0.2, -0.15) is 5.21 Å². The minimum absolute atomic E-state index is 0.278. The Labute approximate surface area is 131 Å². The number of aromatic nitrogens is 4. The van der Waals surface area contributed by atoms with E-state index in [1.807, 2.05) is 6.92 Å². The molecule has 0 atom stereocenters. The van der Waals surface area contributed by atoms with Crippen LogP contribution in [0.4, 0.5) is 5.95 Å². The Bertz CT molecular complexity index is 634. The largest absolute Gasteiger partial charge is 0.490 e. The molecule has 0 unspecified atom stereocenters. The Balaban J connectivity index is 2.16. The first kappa shape index (κ1) is 15.8. The molecule has 0 saturated carbocycles. The molecule has 0 fully saturated rings. The molecule has 0 saturated heterocycles. The minimum atomic E-state index is -0.596. The first-order valence-corrected chi connectivity index (χ1v) is 6.81. The van der Waals surface area contributed by atoms with Crippen LogP contribution in [0.5, 0.6) is 11.5 Å². The number of hydrogen-bond acceptors (Lipinski definition) is 7. The molecule has 4 N–H and O–H groups in total. The van der Waals surface area contributed by atoms with Crippen molar-refractivity contribution >= 4 is 23.5 Å². The maximum atomic E-state index is 10.8. The van der Waals surface area contributed by atoms with Crippen LogP contribution in [0.25, 0.3) is 0 Å². The van der Waals surface area contributed by atoms with Gasteiger partial charge in [-0.1, -0.05) is 16.7 Å². The van der Waals surface area contributed by atoms with Gasteiger partial charge in [-0.25, -0.2) is 0 Å². The summed E-state index contributed by atoms with van der Waals surface area (Å²) in [4.78, 5) is 10.8. The number of benzene rings is 1. The third kappa shape index (κ3) is 4.22. The first-order chi connectivity index (χ1) is 10.6. The van der Waals surface area contributed by atoms with Gasteiger partial charge in [-0.15, -0.1) is 5.10 Å². The predicted octanol–water partition coefficient (Wildman–Crippen LogP) is 0.728. The summed E-state index contributed by atoms with van der Waals surface area (Å²) in [6, 6.07) is 3.44. The average Bonchev–Trinajstić information content (AvgIpc) is 2.97. The van der Waals surface area contributed by atoms with Gasteiger partial charge in [0.15, 0.2) is 18.1 Å². The Morgan fingerprint density at radius 1 is 1.45 bits per heavy atom. The van der Waals surface area contributed by atoms with E-state index in [4.69, 9.17) is 26.8 Å². The number of tetrazole rings is 1. The highest BCUT2D eigenvalue weighted by atomic mass is 35.5. The molecule has 9 nitrogen and oxygen atoms in total. The summed E-state index contributed by atoms with van der Waals surface area (Å²) in [7, 11) is 0. The van der Waals surface area contributed by atoms with Crippen molar-refractivity contribution in [3.8, 4) is 11.5 Å². The number of hydrogen-bond donors (Lipinski definition) is 3. The fourth-order valence-electron chi connectivity index (χ4n) is 1.69. The highest BCUT2D eigenvalue weighted by molar-refractivity contribution is 6.32. The zero-order chi connectivity index (χ0) is 15.9. The van der Waals surface area contributed by atoms with Crippen LogP contribution >= 0.6 is 11.6 Å². The lowest BCUT2D eigenvalue weighted by Gasteiger charge is -2.14. The number of nitrogens with two attached hydrogens (primary N) is 1. The molecule has 1 amide bonds. The standard InChI is InChI=1S/C12H15ClN6O3/c1-2-21-9-4-7(5-15-12-16-18-19-17-12)3-8(13)11(9)22-6-10(14)20/h3-4H,2,5-6H2,1H3,(H2,14,20)(H2,15,16,17,18,19). The predicted molar refractivity (Wildman–Crippen MR) is 78.8 cm³/mol. The number of carbonyl (C=O) groups excluding carboxylic acids is 1. The van der Waals surface area contributed by atoms with Crippen LogP contribution in [0.2, 0.25) is 5.02 Å². The molecule has 1 heterocycles. The van der Waals surface area contributed by atoms with Crippen LogP contribution in [0, 0.1) is 0 Å². The molecule has 0 spiro atoms. The van der Waals surface area contributed by atoms with E-state index in [-0.39, 0.29) is 12.4 Å². The third-order valence-corrected chi connectivity index (χ3v) is 2.80. The smallest absolute Gasteiger partial charge is 0.263 e. The van der Waals surface area contributed by atoms with Gasteiger partial charge in [-0.05, 0) is 29.8 Å². The maximum Gasteiger partial charge on any atom is 0.263 e. The molecule has 10 heteroatoms. The molecule has 1 aromatic heterocycles. The lowest BCUT2D eigenvalue weighted by Crippen LogP contribution is -2.20. The summed E-state index contributed by atoms with van der Waals surface area (Å²) in [6.45, 7) is 2.39. The summed E-state index contributed by atoms with van der Waals surface area (Å²) in [5.74, 6) is 0.483. The molecule has 0 aliphatic heterocycles. The zero-order valence-corrected chi connectivity index (χ0v) is 12.6. The van der Waals surface area contributed by atoms with Crippen LogP contribution in [0.15, 0.2) is 12.1 Å². The van der Waals surface area contributed by atoms with Gasteiger partial charge in [0, 0.05) is 6.54 Å². The summed E-state index contributed by atoms with van der Waals surface area (Å²) in [5, 5.41) is 16.6. The van der Waals surface area contributed by atoms with Gasteiger partial charge in [0.2, 0.25) is 0 Å². The lowest BCUT2D eigenvalue weighted by atomic mass is 10.2. The fourth-order valence-corrected chi connectivity index (χ4v) is 1.98. The normalized spacial score (nSPS) is 10.3. The molecule has 1 aromatic carbocycles. The van der Waals surface area contributed by atoms with Gasteiger partial charge in [-0.3, -0.25) is 4.79 Å². The van der Waals surface area contributed by atoms with Crippen molar-refractivity contribution in [2.45, 2.75) is 13.5 Å². The van der Waals surface area contributed by atoms with E-state index < -0.39 is 5.91 Å². The number of nitrogens with zero attached hydrogens (tertiary/aromatic N) is 3. The van der Waals surface area contributed by atoms with E-state index in [1.54, 1.807) is 12.1 Å². The first-order valence-electron chi connectivity index (χ1n) is 6.43. The highest BCUT2D eigenvalue weighted by Crippen LogP contribution is 2.36. The Kier molecular flexibility index (Phi) is 5.37. The van der Waals surface area contributed by atoms with E-state index >= 15 is 0 Å². The molecule has 118 valence electrons. The summed E-state index contributed by atoms with van der Waals surface area (Å²) in [6.07, 6.45) is 0. The van der Waals surface area contributed by atoms with Crippen molar-refractivity contribution < 1.29 is 14.3 Å². The molecular weight excluding hydrogens is 312 g/mol. The second-order valence-corrected chi connectivity index (χ2v) is 4.59. The number of halogens is 1. The van der Waals surface area contributed by atoms with E-state index in [9.17, 15) is 4.79 Å². The van der Waals surface area contributed by atoms with Crippen LogP contribution < -0.4 is 20.5 Å². The molecular formula is C12H15ClN6O3. The van der Waals surface area contributed by atoms with Crippen LogP contribution in [-0.2, 0) is 11.3 Å². The van der Waals surface area contributed by atoms with Gasteiger partial charge in [0.1, 0.15) is 0 Å². The number of ether oxygens (including phenoxy) is 2. The fraction of sp³-hybridized carbons (Fsp3) is 0.333. The summed E-state index contributed by atoms with van der Waals surface area (Å²) < 4.78 is 10.8. The number of anilines is 1. The van der Waals surface area contributed by atoms with Crippen LogP contribution in [0.1, 0.15) is 12.5 Å². The number of carbonyl (C=O) groups is 1. The van der Waals surface area contributed by atoms with Crippen LogP contribution in [-0.4, -0.2) is 39.7 Å². The van der Waals surface area contributed by atoms with Gasteiger partial charge in [0.25, 0.3) is 11.9 Å². The number of aromatic amines is 1. The summed E-state index contributed by atoms with van der Waals surface area (Å²) in [5.41, 5.74) is 5.89. The van der Waals surface area contributed by atoms with Crippen LogP contribution in [0.3, 0.4) is 0 Å². The van der Waals surface area contributed by atoms with Crippen molar-refractivity contribution in [2.75, 3.05) is 18.5 Å². The zero-order valence-electron chi connectivity index (χ0n) is 11.8. The molecule has 0 radical (unpaired) electrons. The van der Waals surface area contributed by atoms with E-state index in [2.05, 4.69) is 25.9 Å². The SMILES string of the molecule is CCOc1cc(CNc2nn[nH]n2)cc(Cl)c1OCC(N)=O. The maximum absolute atomic E-state index is 10.8. The number of nitrogens with one attached hydrogen (secondary N) is 2. The third-order valence-electron chi connectivity index (χ3n) is 2.52. The van der Waals surface area contributed by atoms with E-state index in [1.165, 1.54) is 0 Å². The monoisotopic (exact) mass is 326 g/mol. The number of amides is 1. The van der Waals surface area contributed by atoms with Crippen molar-refractivity contribution in [2.24, 2.45) is 5.73 Å². The second-order valence-electron chi connectivity index (χ2n) is 4.18. The Hall–Kier alpha value is -2.55. The quantitative estimate of drug-likeness (QED) is 0.652. The van der Waals surface area contributed by atoms with Gasteiger partial charge < -0.3 is 20.5 Å². The minimum Gasteiger partial charge on any atom is -0.490 e. The lowest BCUT2D eigenvalue weighted by molar-refractivity contribution is -0.119. The molecule has 0 bridgehead atoms. The molecule has 2 rings (SSSR count). The van der Waals surface area contributed by atoms with Crippen molar-refractivity contribution in [1.29, 1.82) is 0 Å². The average molecular weight is 327 g/mol. The van der Waals surface area contributed by atoms with Crippen molar-refractivity contribution in [1.82, 2.24) is 20.6 Å². The van der Waals surface area contributed by atoms with Crippen molar-refractivity contribution in [3.63, 3.8) is 0 Å². The van der Waals surface area contributed by atoms with Gasteiger partial charge in [0.05, 0.1) is 11.6 Å². The molecule has 22 heavy (non-hydrogen) atoms. The van der Waals surface area contributed by atoms with E-state index in [0.717, 1.165) is 5.56 Å². The van der Waals surface area contributed by atoms with Crippen molar-refractivity contribution in [3.05, 3.63) is 22.7 Å². The Morgan fingerprint density at radius 3 is 2.91 bits per heavy atom. The Morgan fingerprint density at radius 2 is 2.27 bits per heavy atom. The highest BCUT2D eigenvalue weighted by Gasteiger charge is 2.14. The molecule has 2 aromatic rings. The number of H-pyrrole nitrogens is 1. The molecule has 0 aliphatic rings. The van der Waals surface area contributed by atoms with Gasteiger partial charge >= 0.3 is 0 Å². The number of primary amides is 1. The van der Waals surface area contributed by atoms with E-state index in [0.29, 0.717) is 29.9 Å². The summed E-state index contributed by atoms with van der Waals surface area (Å²) >= 11 is 6.18. The molecule has 0 aliphatic carbocycles.